The Bertz CT molecular complexity index is 1120. The molecule has 0 unspecified atom stereocenters. The number of methoxy groups -OCH3 is 2. The third-order valence-corrected chi connectivity index (χ3v) is 5.07. The zero-order valence-electron chi connectivity index (χ0n) is 16.0. The zero-order chi connectivity index (χ0) is 19.8. The van der Waals surface area contributed by atoms with E-state index in [1.165, 1.54) is 0 Å². The Morgan fingerprint density at radius 3 is 2.68 bits per heavy atom. The van der Waals surface area contributed by atoms with Crippen molar-refractivity contribution in [2.24, 2.45) is 0 Å². The van der Waals surface area contributed by atoms with Gasteiger partial charge < -0.3 is 18.8 Å². The van der Waals surface area contributed by atoms with Crippen molar-refractivity contribution in [1.82, 2.24) is 4.90 Å². The van der Waals surface area contributed by atoms with E-state index in [1.54, 1.807) is 31.3 Å². The summed E-state index contributed by atoms with van der Waals surface area (Å²) in [4.78, 5) is 28.1. The number of hydrogen-bond donors (Lipinski definition) is 0. The van der Waals surface area contributed by atoms with Gasteiger partial charge in [-0.2, -0.15) is 0 Å². The molecule has 0 fully saturated rings. The van der Waals surface area contributed by atoms with Crippen molar-refractivity contribution in [3.05, 3.63) is 75.1 Å². The van der Waals surface area contributed by atoms with Gasteiger partial charge >= 0.3 is 0 Å². The number of aryl methyl sites for hydroxylation is 1. The molecule has 6 nitrogen and oxygen atoms in total. The van der Waals surface area contributed by atoms with Crippen LogP contribution in [0.2, 0.25) is 0 Å². The van der Waals surface area contributed by atoms with E-state index in [9.17, 15) is 9.59 Å². The van der Waals surface area contributed by atoms with Gasteiger partial charge in [0.15, 0.2) is 5.43 Å². The average Bonchev–Trinajstić information content (AvgIpc) is 2.99. The second kappa shape index (κ2) is 7.13. The van der Waals surface area contributed by atoms with Crippen LogP contribution in [0, 0.1) is 6.92 Å². The first kappa shape index (κ1) is 18.3. The molecular weight excluding hydrogens is 358 g/mol. The highest BCUT2D eigenvalue weighted by Gasteiger charge is 2.42. The summed E-state index contributed by atoms with van der Waals surface area (Å²) in [5, 5.41) is 0.480. The van der Waals surface area contributed by atoms with E-state index in [-0.39, 0.29) is 17.1 Å². The van der Waals surface area contributed by atoms with Gasteiger partial charge in [-0.3, -0.25) is 9.59 Å². The summed E-state index contributed by atoms with van der Waals surface area (Å²) >= 11 is 0. The normalized spacial score (nSPS) is 15.9. The molecule has 144 valence electrons. The van der Waals surface area contributed by atoms with E-state index in [4.69, 9.17) is 13.9 Å². The van der Waals surface area contributed by atoms with Gasteiger partial charge in [-0.05, 0) is 36.8 Å². The lowest BCUT2D eigenvalue weighted by Crippen LogP contribution is -2.32. The Hall–Kier alpha value is -3.12. The number of fused-ring (bicyclic) bond motifs is 2. The maximum atomic E-state index is 13.4. The summed E-state index contributed by atoms with van der Waals surface area (Å²) in [6.07, 6.45) is 0. The lowest BCUT2D eigenvalue weighted by Gasteiger charge is -2.25. The van der Waals surface area contributed by atoms with Crippen LogP contribution in [0.4, 0.5) is 0 Å². The highest BCUT2D eigenvalue weighted by atomic mass is 16.5. The van der Waals surface area contributed by atoms with Crippen molar-refractivity contribution >= 4 is 16.9 Å². The Balaban J connectivity index is 1.97. The van der Waals surface area contributed by atoms with Gasteiger partial charge in [0.2, 0.25) is 5.76 Å². The summed E-state index contributed by atoms with van der Waals surface area (Å²) in [5.41, 5.74) is 2.36. The third-order valence-electron chi connectivity index (χ3n) is 5.07. The summed E-state index contributed by atoms with van der Waals surface area (Å²) in [6, 6.07) is 12.2. The first-order chi connectivity index (χ1) is 13.5. The predicted molar refractivity (Wildman–Crippen MR) is 105 cm³/mol. The fraction of sp³-hybridized carbons (Fsp3) is 0.273. The van der Waals surface area contributed by atoms with E-state index in [0.29, 0.717) is 35.4 Å². The molecule has 2 aromatic carbocycles. The minimum absolute atomic E-state index is 0.102. The summed E-state index contributed by atoms with van der Waals surface area (Å²) in [5.74, 6) is 0.454. The van der Waals surface area contributed by atoms with Gasteiger partial charge in [0.25, 0.3) is 5.91 Å². The van der Waals surface area contributed by atoms with Crippen molar-refractivity contribution in [2.75, 3.05) is 27.4 Å². The molecule has 0 bridgehead atoms. The third kappa shape index (κ3) is 2.86. The van der Waals surface area contributed by atoms with Crippen LogP contribution in [0.3, 0.4) is 0 Å². The molecule has 28 heavy (non-hydrogen) atoms. The highest BCUT2D eigenvalue weighted by Crippen LogP contribution is 2.38. The first-order valence-corrected chi connectivity index (χ1v) is 9.06. The molecule has 0 saturated heterocycles. The van der Waals surface area contributed by atoms with Gasteiger partial charge in [-0.15, -0.1) is 0 Å². The number of benzene rings is 2. The van der Waals surface area contributed by atoms with Crippen LogP contribution < -0.4 is 10.2 Å². The topological polar surface area (TPSA) is 69.0 Å². The Morgan fingerprint density at radius 1 is 1.11 bits per heavy atom. The molecular formula is C22H21NO5. The molecule has 3 aromatic rings. The molecule has 1 atom stereocenters. The number of ether oxygens (including phenoxy) is 2. The quantitative estimate of drug-likeness (QED) is 0.680. The summed E-state index contributed by atoms with van der Waals surface area (Å²) in [6.45, 7) is 2.62. The van der Waals surface area contributed by atoms with Crippen LogP contribution >= 0.6 is 0 Å². The van der Waals surface area contributed by atoms with Crippen molar-refractivity contribution in [1.29, 1.82) is 0 Å². The van der Waals surface area contributed by atoms with Crippen molar-refractivity contribution in [2.45, 2.75) is 13.0 Å². The van der Waals surface area contributed by atoms with Crippen LogP contribution in [-0.4, -0.2) is 38.2 Å². The number of carbonyl (C=O) groups excluding carboxylic acids is 1. The molecule has 0 spiro atoms. The maximum absolute atomic E-state index is 13.4. The largest absolute Gasteiger partial charge is 0.497 e. The molecule has 1 amide bonds. The smallest absolute Gasteiger partial charge is 0.290 e. The lowest BCUT2D eigenvalue weighted by molar-refractivity contribution is 0.0663. The first-order valence-electron chi connectivity index (χ1n) is 9.06. The molecule has 0 N–H and O–H groups in total. The Morgan fingerprint density at radius 2 is 1.93 bits per heavy atom. The fourth-order valence-electron chi connectivity index (χ4n) is 3.71. The SMILES string of the molecule is COCCN1C(=O)c2oc3ccc(C)cc3c(=O)c2[C@@H]1c1cccc(OC)c1. The molecule has 0 aliphatic carbocycles. The number of nitrogens with zero attached hydrogens (tertiary/aromatic N) is 1. The molecule has 0 saturated carbocycles. The zero-order valence-corrected chi connectivity index (χ0v) is 16.0. The van der Waals surface area contributed by atoms with Gasteiger partial charge in [0.05, 0.1) is 30.7 Å². The summed E-state index contributed by atoms with van der Waals surface area (Å²) in [7, 11) is 3.16. The molecule has 2 heterocycles. The van der Waals surface area contributed by atoms with Crippen molar-refractivity contribution < 1.29 is 18.7 Å². The average molecular weight is 379 g/mol. The molecule has 0 radical (unpaired) electrons. The van der Waals surface area contributed by atoms with Crippen LogP contribution in [0.1, 0.15) is 33.3 Å². The van der Waals surface area contributed by atoms with E-state index < -0.39 is 6.04 Å². The number of rotatable bonds is 5. The van der Waals surface area contributed by atoms with Gasteiger partial charge in [-0.1, -0.05) is 23.8 Å². The highest BCUT2D eigenvalue weighted by molar-refractivity contribution is 5.99. The van der Waals surface area contributed by atoms with E-state index >= 15 is 0 Å². The van der Waals surface area contributed by atoms with E-state index in [2.05, 4.69) is 0 Å². The monoisotopic (exact) mass is 379 g/mol. The molecule has 4 rings (SSSR count). The second-order valence-corrected chi connectivity index (χ2v) is 6.84. The van der Waals surface area contributed by atoms with Crippen LogP contribution in [0.15, 0.2) is 51.7 Å². The molecule has 1 aromatic heterocycles. The van der Waals surface area contributed by atoms with Gasteiger partial charge in [-0.25, -0.2) is 0 Å². The Kier molecular flexibility index (Phi) is 4.65. The van der Waals surface area contributed by atoms with Crippen LogP contribution in [-0.2, 0) is 4.74 Å². The molecule has 1 aliphatic rings. The van der Waals surface area contributed by atoms with Gasteiger partial charge in [0, 0.05) is 13.7 Å². The second-order valence-electron chi connectivity index (χ2n) is 6.84. The minimum Gasteiger partial charge on any atom is -0.497 e. The number of carbonyl (C=O) groups is 1. The summed E-state index contributed by atoms with van der Waals surface area (Å²) < 4.78 is 16.4. The predicted octanol–water partition coefficient (Wildman–Crippen LogP) is 3.30. The molecule has 6 heteroatoms. The standard InChI is InChI=1S/C22H21NO5/c1-13-7-8-17-16(11-13)20(24)18-19(14-5-4-6-15(12-14)27-3)23(9-10-26-2)22(25)21(18)28-17/h4-8,11-12,19H,9-10H2,1-3H3/t19-/m0/s1. The lowest BCUT2D eigenvalue weighted by atomic mass is 9.98. The minimum atomic E-state index is -0.547. The van der Waals surface area contributed by atoms with Crippen molar-refractivity contribution in [3.63, 3.8) is 0 Å². The number of amides is 1. The number of hydrogen-bond acceptors (Lipinski definition) is 5. The van der Waals surface area contributed by atoms with Gasteiger partial charge in [0.1, 0.15) is 11.3 Å². The van der Waals surface area contributed by atoms with Crippen molar-refractivity contribution in [3.8, 4) is 5.75 Å². The van der Waals surface area contributed by atoms with E-state index in [1.807, 2.05) is 37.3 Å². The maximum Gasteiger partial charge on any atom is 0.290 e. The Labute approximate surface area is 162 Å². The van der Waals surface area contributed by atoms with Crippen LogP contribution in [0.25, 0.3) is 11.0 Å². The molecule has 1 aliphatic heterocycles. The van der Waals surface area contributed by atoms with Crippen LogP contribution in [0.5, 0.6) is 5.75 Å². The van der Waals surface area contributed by atoms with E-state index in [0.717, 1.165) is 11.1 Å². The fourth-order valence-corrected chi connectivity index (χ4v) is 3.71.